The van der Waals surface area contributed by atoms with Gasteiger partial charge in [0.2, 0.25) is 0 Å². The Labute approximate surface area is 196 Å². The number of rotatable bonds is 1. The normalized spacial score (nSPS) is 23.9. The number of fused-ring (bicyclic) bond motifs is 5. The van der Waals surface area contributed by atoms with Gasteiger partial charge in [-0.15, -0.1) is 0 Å². The molecule has 7 rings (SSSR count). The summed E-state index contributed by atoms with van der Waals surface area (Å²) in [5, 5.41) is 2.00. The van der Waals surface area contributed by atoms with Gasteiger partial charge >= 0.3 is 0 Å². The van der Waals surface area contributed by atoms with Crippen LogP contribution in [0.2, 0.25) is 0 Å². The highest BCUT2D eigenvalue weighted by molar-refractivity contribution is 6.21. The zero-order valence-electron chi connectivity index (χ0n) is 18.2. The highest BCUT2D eigenvalue weighted by Gasteiger charge is 2.30. The fourth-order valence-electron chi connectivity index (χ4n) is 4.71. The quantitative estimate of drug-likeness (QED) is 0.628. The van der Waals surface area contributed by atoms with E-state index < -0.39 is 0 Å². The largest absolute Gasteiger partial charge is 0.355 e. The zero-order chi connectivity index (χ0) is 22.5. The van der Waals surface area contributed by atoms with Crippen LogP contribution in [0.4, 0.5) is 0 Å². The van der Waals surface area contributed by atoms with Gasteiger partial charge < -0.3 is 15.8 Å². The summed E-state index contributed by atoms with van der Waals surface area (Å²) in [7, 11) is 0. The number of aromatic nitrogens is 1. The Hall–Kier alpha value is -4.71. The number of nitrogens with one attached hydrogen (secondary N) is 3. The molecule has 8 bridgehead atoms. The SMILES string of the molecule is C1=CC(C2=C3C=C4C=CC(=N4)C=c4ccc([nH]4)=CC4=NC(=CC(=N3)/C2=C2/C=CNN2)C=C4)C=C1. The third-order valence-corrected chi connectivity index (χ3v) is 6.21. The van der Waals surface area contributed by atoms with Gasteiger partial charge in [-0.25, -0.2) is 15.0 Å². The smallest absolute Gasteiger partial charge is 0.0756 e. The van der Waals surface area contributed by atoms with E-state index in [0.29, 0.717) is 0 Å². The molecule has 1 aromatic rings. The number of nitrogens with zero attached hydrogens (tertiary/aromatic N) is 3. The summed E-state index contributed by atoms with van der Waals surface area (Å²) in [6.45, 7) is 0. The van der Waals surface area contributed by atoms with Gasteiger partial charge in [-0.05, 0) is 66.8 Å². The van der Waals surface area contributed by atoms with Crippen LogP contribution in [0.3, 0.4) is 0 Å². The molecule has 0 spiro atoms. The third kappa shape index (κ3) is 3.24. The average molecular weight is 441 g/mol. The van der Waals surface area contributed by atoms with Gasteiger partial charge in [0.15, 0.2) is 0 Å². The predicted molar refractivity (Wildman–Crippen MR) is 137 cm³/mol. The van der Waals surface area contributed by atoms with Crippen LogP contribution >= 0.6 is 0 Å². The molecule has 6 nitrogen and oxygen atoms in total. The first-order chi connectivity index (χ1) is 16.8. The van der Waals surface area contributed by atoms with Crippen molar-refractivity contribution < 1.29 is 0 Å². The molecule has 5 aliphatic heterocycles. The molecule has 3 N–H and O–H groups in total. The molecule has 6 heteroatoms. The number of hydrogen-bond acceptors (Lipinski definition) is 5. The molecule has 1 aliphatic carbocycles. The highest BCUT2D eigenvalue weighted by Crippen LogP contribution is 2.38. The zero-order valence-corrected chi connectivity index (χ0v) is 18.2. The van der Waals surface area contributed by atoms with E-state index in [9.17, 15) is 0 Å². The van der Waals surface area contributed by atoms with Crippen LogP contribution in [-0.4, -0.2) is 22.1 Å². The summed E-state index contributed by atoms with van der Waals surface area (Å²) in [6, 6.07) is 4.11. The van der Waals surface area contributed by atoms with Crippen LogP contribution in [0.15, 0.2) is 134 Å². The number of hydrogen-bond donors (Lipinski definition) is 3. The van der Waals surface area contributed by atoms with E-state index in [0.717, 1.165) is 61.8 Å². The number of aliphatic imine (C=N–C) groups is 3. The monoisotopic (exact) mass is 440 g/mol. The van der Waals surface area contributed by atoms with Gasteiger partial charge in [-0.1, -0.05) is 24.3 Å². The summed E-state index contributed by atoms with van der Waals surface area (Å²) in [6.07, 6.45) is 28.9. The van der Waals surface area contributed by atoms with Crippen molar-refractivity contribution >= 4 is 29.3 Å². The molecule has 6 aliphatic rings. The Bertz CT molecular complexity index is 1620. The Morgan fingerprint density at radius 2 is 1.41 bits per heavy atom. The van der Waals surface area contributed by atoms with Crippen LogP contribution in [-0.2, 0) is 0 Å². The van der Waals surface area contributed by atoms with Crippen LogP contribution in [0.25, 0.3) is 12.2 Å². The fraction of sp³-hybridized carbons (Fsp3) is 0.0357. The maximum Gasteiger partial charge on any atom is 0.0756 e. The van der Waals surface area contributed by atoms with E-state index in [-0.39, 0.29) is 5.92 Å². The molecule has 162 valence electrons. The van der Waals surface area contributed by atoms with E-state index in [4.69, 9.17) is 15.0 Å². The molecular formula is C28H20N6. The Kier molecular flexibility index (Phi) is 4.11. The van der Waals surface area contributed by atoms with Crippen LogP contribution in [0, 0.1) is 5.92 Å². The van der Waals surface area contributed by atoms with Crippen molar-refractivity contribution in [2.75, 3.05) is 0 Å². The van der Waals surface area contributed by atoms with Crippen molar-refractivity contribution in [2.24, 2.45) is 20.9 Å². The van der Waals surface area contributed by atoms with E-state index in [2.05, 4.69) is 64.4 Å². The summed E-state index contributed by atoms with van der Waals surface area (Å²) >= 11 is 0. The number of hydrazine groups is 1. The lowest BCUT2D eigenvalue weighted by molar-refractivity contribution is 0.780. The molecule has 0 saturated heterocycles. The van der Waals surface area contributed by atoms with Gasteiger partial charge in [0.05, 0.1) is 39.9 Å². The fourth-order valence-corrected chi connectivity index (χ4v) is 4.71. The van der Waals surface area contributed by atoms with Crippen LogP contribution in [0.5, 0.6) is 0 Å². The minimum atomic E-state index is 0.135. The molecule has 0 amide bonds. The highest BCUT2D eigenvalue weighted by atomic mass is 15.4. The molecule has 0 aromatic carbocycles. The molecule has 6 heterocycles. The minimum absolute atomic E-state index is 0.135. The first kappa shape index (κ1) is 18.8. The predicted octanol–water partition coefficient (Wildman–Crippen LogP) is 2.71. The van der Waals surface area contributed by atoms with E-state index in [1.165, 1.54) is 0 Å². The van der Waals surface area contributed by atoms with Crippen molar-refractivity contribution in [1.82, 2.24) is 15.8 Å². The van der Waals surface area contributed by atoms with Crippen molar-refractivity contribution in [3.05, 3.63) is 130 Å². The number of H-pyrrole nitrogens is 1. The van der Waals surface area contributed by atoms with Crippen molar-refractivity contribution in [1.29, 1.82) is 0 Å². The van der Waals surface area contributed by atoms with Gasteiger partial charge in [0, 0.05) is 34.0 Å². The molecule has 0 atom stereocenters. The van der Waals surface area contributed by atoms with Gasteiger partial charge in [0.1, 0.15) is 0 Å². The summed E-state index contributed by atoms with van der Waals surface area (Å²) in [5.74, 6) is 0.135. The number of aromatic amines is 1. The minimum Gasteiger partial charge on any atom is -0.355 e. The van der Waals surface area contributed by atoms with E-state index in [1.807, 2.05) is 48.7 Å². The summed E-state index contributed by atoms with van der Waals surface area (Å²) in [4.78, 5) is 18.2. The van der Waals surface area contributed by atoms with Gasteiger partial charge in [0.25, 0.3) is 0 Å². The molecule has 34 heavy (non-hydrogen) atoms. The third-order valence-electron chi connectivity index (χ3n) is 6.21. The lowest BCUT2D eigenvalue weighted by Gasteiger charge is -2.15. The van der Waals surface area contributed by atoms with Gasteiger partial charge in [-0.3, -0.25) is 0 Å². The van der Waals surface area contributed by atoms with Gasteiger partial charge in [-0.2, -0.15) is 0 Å². The lowest BCUT2D eigenvalue weighted by Crippen LogP contribution is -2.22. The summed E-state index contributed by atoms with van der Waals surface area (Å²) in [5.41, 5.74) is 14.9. The molecule has 0 unspecified atom stereocenters. The molecule has 0 radical (unpaired) electrons. The Morgan fingerprint density at radius 3 is 2.09 bits per heavy atom. The van der Waals surface area contributed by atoms with Crippen molar-refractivity contribution in [3.8, 4) is 0 Å². The van der Waals surface area contributed by atoms with Crippen LogP contribution < -0.4 is 21.5 Å². The van der Waals surface area contributed by atoms with E-state index in [1.54, 1.807) is 0 Å². The second-order valence-corrected chi connectivity index (χ2v) is 8.52. The molecular weight excluding hydrogens is 420 g/mol. The first-order valence-corrected chi connectivity index (χ1v) is 11.2. The average Bonchev–Trinajstić information content (AvgIpc) is 3.65. The summed E-state index contributed by atoms with van der Waals surface area (Å²) < 4.78 is 0. The van der Waals surface area contributed by atoms with Crippen LogP contribution in [0.1, 0.15) is 0 Å². The molecule has 0 fully saturated rings. The topological polar surface area (TPSA) is 76.9 Å². The maximum atomic E-state index is 5.10. The van der Waals surface area contributed by atoms with E-state index >= 15 is 0 Å². The van der Waals surface area contributed by atoms with Crippen molar-refractivity contribution in [2.45, 2.75) is 0 Å². The Morgan fingerprint density at radius 1 is 0.706 bits per heavy atom. The second-order valence-electron chi connectivity index (χ2n) is 8.52. The maximum absolute atomic E-state index is 5.10. The Balaban J connectivity index is 1.48. The lowest BCUT2D eigenvalue weighted by atomic mass is 9.89. The number of allylic oxidation sites excluding steroid dienone is 13. The standard InChI is InChI=1S/C28H20N6/c1-2-4-17(3-1)27-25-15-22-9-7-20(31-22)13-18-5-6-19(30-18)14-21-8-10-23(32-21)16-26(33-25)28(27)24-11-12-29-34-24/h1-17,29-30,34H/b18-13?,19-14?,22-15?,23-16?,28-24+. The molecule has 1 aromatic heterocycles. The molecule has 0 saturated carbocycles. The van der Waals surface area contributed by atoms with Crippen molar-refractivity contribution in [3.63, 3.8) is 0 Å². The second kappa shape index (κ2) is 7.42. The first-order valence-electron chi connectivity index (χ1n) is 11.2.